The van der Waals surface area contributed by atoms with Crippen molar-refractivity contribution >= 4 is 33.7 Å². The van der Waals surface area contributed by atoms with Crippen LogP contribution < -0.4 is 10.1 Å². The highest BCUT2D eigenvalue weighted by Crippen LogP contribution is 2.35. The zero-order chi connectivity index (χ0) is 26.6. The van der Waals surface area contributed by atoms with Crippen LogP contribution in [0.3, 0.4) is 0 Å². The Morgan fingerprint density at radius 2 is 2.03 bits per heavy atom. The average Bonchev–Trinajstić information content (AvgIpc) is 3.35. The molecule has 37 heavy (non-hydrogen) atoms. The van der Waals surface area contributed by atoms with Crippen LogP contribution in [0.25, 0.3) is 0 Å². The number of ether oxygens (including phenoxy) is 2. The number of carbonyl (C=O) groups is 2. The average molecular weight is 543 g/mol. The van der Waals surface area contributed by atoms with E-state index in [0.717, 1.165) is 21.6 Å². The summed E-state index contributed by atoms with van der Waals surface area (Å²) in [6.07, 6.45) is 0.390. The molecule has 0 radical (unpaired) electrons. The molecule has 0 saturated heterocycles. The molecule has 0 bridgehead atoms. The third-order valence-electron chi connectivity index (χ3n) is 6.50. The summed E-state index contributed by atoms with van der Waals surface area (Å²) in [6, 6.07) is 16.2. The smallest absolute Gasteiger partial charge is 0.293 e. The molecule has 1 amide bonds. The Morgan fingerprint density at radius 3 is 2.76 bits per heavy atom. The molecule has 1 aromatic heterocycles. The van der Waals surface area contributed by atoms with Crippen LogP contribution in [0, 0.1) is 6.92 Å². The van der Waals surface area contributed by atoms with Gasteiger partial charge in [-0.2, -0.15) is 4.31 Å². The van der Waals surface area contributed by atoms with Gasteiger partial charge in [0.05, 0.1) is 17.3 Å². The summed E-state index contributed by atoms with van der Waals surface area (Å²) >= 11 is 1.33. The molecular formula is C27H30N2O6S2. The van der Waals surface area contributed by atoms with Crippen LogP contribution >= 0.6 is 11.3 Å². The number of carbonyl (C=O) groups excluding carboxylic acids is 2. The molecule has 1 aliphatic rings. The Balaban J connectivity index is 1.70. The van der Waals surface area contributed by atoms with Crippen LogP contribution in [-0.2, 0) is 26.1 Å². The third kappa shape index (κ3) is 5.71. The van der Waals surface area contributed by atoms with E-state index in [1.807, 2.05) is 38.1 Å². The van der Waals surface area contributed by atoms with Gasteiger partial charge in [-0.05, 0) is 54.3 Å². The lowest BCUT2D eigenvalue weighted by Gasteiger charge is -2.24. The van der Waals surface area contributed by atoms with Crippen LogP contribution in [0.15, 0.2) is 59.5 Å². The molecule has 0 saturated carbocycles. The topological polar surface area (TPSA) is 102 Å². The maximum atomic E-state index is 13.6. The maximum Gasteiger partial charge on any atom is 0.293 e. The Kier molecular flexibility index (Phi) is 8.31. The van der Waals surface area contributed by atoms with E-state index in [9.17, 15) is 18.0 Å². The number of fused-ring (bicyclic) bond motifs is 1. The van der Waals surface area contributed by atoms with E-state index in [2.05, 4.69) is 5.32 Å². The molecule has 1 aliphatic heterocycles. The van der Waals surface area contributed by atoms with Crippen molar-refractivity contribution in [3.05, 3.63) is 81.0 Å². The standard InChI is InChI=1S/C27H30N2O6S2/c1-4-21-15-29(37(32,33)26-8-6-5-7-23(26)35-21)14-20-13-19(10-9-18(20)2)22(16-34-17-30)24-11-12-25(36-24)27(31)28-3/h5-13,17,21-22H,4,14-16H2,1-3H3,(H,28,31)/t21-,22?/m1/s1. The minimum Gasteiger partial charge on any atom is -0.488 e. The van der Waals surface area contributed by atoms with Gasteiger partial charge in [-0.3, -0.25) is 9.59 Å². The second kappa shape index (κ2) is 11.5. The van der Waals surface area contributed by atoms with Crippen molar-refractivity contribution in [3.8, 4) is 5.75 Å². The van der Waals surface area contributed by atoms with Crippen molar-refractivity contribution in [3.63, 3.8) is 0 Å². The molecule has 2 atom stereocenters. The van der Waals surface area contributed by atoms with Crippen molar-refractivity contribution in [1.82, 2.24) is 9.62 Å². The number of nitrogens with one attached hydrogen (secondary N) is 1. The number of thiophene rings is 1. The third-order valence-corrected chi connectivity index (χ3v) is 9.55. The zero-order valence-corrected chi connectivity index (χ0v) is 22.6. The largest absolute Gasteiger partial charge is 0.488 e. The molecule has 196 valence electrons. The number of para-hydroxylation sites is 1. The lowest BCUT2D eigenvalue weighted by molar-refractivity contribution is -0.128. The fraction of sp³-hybridized carbons (Fsp3) is 0.333. The molecule has 2 heterocycles. The van der Waals surface area contributed by atoms with Crippen molar-refractivity contribution in [2.45, 2.75) is 43.7 Å². The van der Waals surface area contributed by atoms with Gasteiger partial charge in [0.25, 0.3) is 12.4 Å². The monoisotopic (exact) mass is 542 g/mol. The van der Waals surface area contributed by atoms with Crippen molar-refractivity contribution in [2.75, 3.05) is 20.2 Å². The van der Waals surface area contributed by atoms with Gasteiger partial charge in [-0.25, -0.2) is 8.42 Å². The fourth-order valence-corrected chi connectivity index (χ4v) is 6.97. The first-order chi connectivity index (χ1) is 17.8. The lowest BCUT2D eigenvalue weighted by atomic mass is 9.94. The second-order valence-electron chi connectivity index (χ2n) is 8.84. The quantitative estimate of drug-likeness (QED) is 0.409. The van der Waals surface area contributed by atoms with Gasteiger partial charge in [0.1, 0.15) is 23.4 Å². The molecule has 1 N–H and O–H groups in total. The van der Waals surface area contributed by atoms with Crippen LogP contribution in [0.2, 0.25) is 0 Å². The minimum absolute atomic E-state index is 0.0981. The Hall–Kier alpha value is -3.21. The van der Waals surface area contributed by atoms with E-state index in [4.69, 9.17) is 9.47 Å². The normalized spacial score (nSPS) is 17.6. The number of sulfonamides is 1. The van der Waals surface area contributed by atoms with Crippen LogP contribution in [0.5, 0.6) is 5.75 Å². The Labute approximate surface area is 221 Å². The molecular weight excluding hydrogens is 512 g/mol. The molecule has 0 aliphatic carbocycles. The Morgan fingerprint density at radius 1 is 1.24 bits per heavy atom. The van der Waals surface area contributed by atoms with Crippen molar-refractivity contribution in [1.29, 1.82) is 0 Å². The number of hydrogen-bond acceptors (Lipinski definition) is 7. The van der Waals surface area contributed by atoms with E-state index < -0.39 is 10.0 Å². The zero-order valence-electron chi connectivity index (χ0n) is 21.0. The Bertz CT molecular complexity index is 1390. The first-order valence-electron chi connectivity index (χ1n) is 12.0. The van der Waals surface area contributed by atoms with Crippen LogP contribution in [0.1, 0.15) is 50.5 Å². The number of rotatable bonds is 9. The number of nitrogens with zero attached hydrogens (tertiary/aromatic N) is 1. The van der Waals surface area contributed by atoms with E-state index in [1.165, 1.54) is 15.6 Å². The molecule has 0 spiro atoms. The highest BCUT2D eigenvalue weighted by atomic mass is 32.2. The van der Waals surface area contributed by atoms with Crippen molar-refractivity contribution < 1.29 is 27.5 Å². The van der Waals surface area contributed by atoms with E-state index in [-0.39, 0.29) is 42.5 Å². The van der Waals surface area contributed by atoms with E-state index >= 15 is 0 Å². The van der Waals surface area contributed by atoms with Gasteiger partial charge >= 0.3 is 0 Å². The number of amides is 1. The lowest BCUT2D eigenvalue weighted by Crippen LogP contribution is -2.36. The fourth-order valence-electron chi connectivity index (χ4n) is 4.34. The van der Waals surface area contributed by atoms with E-state index in [0.29, 0.717) is 23.5 Å². The first-order valence-corrected chi connectivity index (χ1v) is 14.3. The molecule has 1 unspecified atom stereocenters. The van der Waals surface area contributed by atoms with Gasteiger partial charge in [-0.15, -0.1) is 11.3 Å². The minimum atomic E-state index is -3.79. The molecule has 4 rings (SSSR count). The SMILES string of the molecule is CC[C@@H]1CN(Cc2cc(C(COC=O)c3ccc(C(=O)NC)s3)ccc2C)S(=O)(=O)c2ccccc2O1. The maximum absolute atomic E-state index is 13.6. The summed E-state index contributed by atoms with van der Waals surface area (Å²) in [5, 5.41) is 2.62. The van der Waals surface area contributed by atoms with Gasteiger partial charge in [-0.1, -0.05) is 37.3 Å². The summed E-state index contributed by atoms with van der Waals surface area (Å²) in [5.74, 6) is -0.116. The van der Waals surface area contributed by atoms with Crippen LogP contribution in [0.4, 0.5) is 0 Å². The van der Waals surface area contributed by atoms with Crippen molar-refractivity contribution in [2.24, 2.45) is 0 Å². The van der Waals surface area contributed by atoms with Gasteiger partial charge in [0.15, 0.2) is 0 Å². The number of aryl methyl sites for hydroxylation is 1. The molecule has 10 heteroatoms. The summed E-state index contributed by atoms with van der Waals surface area (Å²) < 4.78 is 39.9. The predicted molar refractivity (Wildman–Crippen MR) is 141 cm³/mol. The molecule has 2 aromatic carbocycles. The summed E-state index contributed by atoms with van der Waals surface area (Å²) in [6.45, 7) is 4.82. The van der Waals surface area contributed by atoms with Gasteiger partial charge in [0, 0.05) is 18.5 Å². The predicted octanol–water partition coefficient (Wildman–Crippen LogP) is 4.08. The summed E-state index contributed by atoms with van der Waals surface area (Å²) in [7, 11) is -2.22. The summed E-state index contributed by atoms with van der Waals surface area (Å²) in [4.78, 5) is 24.7. The molecule has 8 nitrogen and oxygen atoms in total. The second-order valence-corrected chi connectivity index (χ2v) is 11.9. The van der Waals surface area contributed by atoms with E-state index in [1.54, 1.807) is 37.4 Å². The van der Waals surface area contributed by atoms with Gasteiger partial charge < -0.3 is 14.8 Å². The summed E-state index contributed by atoms with van der Waals surface area (Å²) in [5.41, 5.74) is 2.65. The number of hydrogen-bond donors (Lipinski definition) is 1. The molecule has 0 fully saturated rings. The first kappa shape index (κ1) is 26.8. The van der Waals surface area contributed by atoms with Gasteiger partial charge in [0.2, 0.25) is 10.0 Å². The highest BCUT2D eigenvalue weighted by Gasteiger charge is 2.34. The highest BCUT2D eigenvalue weighted by molar-refractivity contribution is 7.89. The molecule has 3 aromatic rings. The van der Waals surface area contributed by atoms with Crippen LogP contribution in [-0.4, -0.2) is 51.4 Å². The number of benzene rings is 2.